The van der Waals surface area contributed by atoms with Gasteiger partial charge in [-0.15, -0.1) is 0 Å². The number of methoxy groups -OCH3 is 1. The summed E-state index contributed by atoms with van der Waals surface area (Å²) in [7, 11) is 1.65. The third-order valence-corrected chi connectivity index (χ3v) is 4.85. The average molecular weight is 368 g/mol. The molecule has 1 aliphatic rings. The zero-order valence-electron chi connectivity index (χ0n) is 16.3. The van der Waals surface area contributed by atoms with Crippen LogP contribution in [0.15, 0.2) is 48.5 Å². The maximum absolute atomic E-state index is 12.5. The van der Waals surface area contributed by atoms with Gasteiger partial charge in [0.25, 0.3) is 0 Å². The van der Waals surface area contributed by atoms with Gasteiger partial charge < -0.3 is 14.8 Å². The Bertz CT molecular complexity index is 763. The van der Waals surface area contributed by atoms with Crippen molar-refractivity contribution in [1.82, 2.24) is 10.2 Å². The molecule has 1 aliphatic heterocycles. The van der Waals surface area contributed by atoms with Crippen LogP contribution in [-0.4, -0.2) is 43.7 Å². The largest absolute Gasteiger partial charge is 0.497 e. The molecule has 1 amide bonds. The van der Waals surface area contributed by atoms with Gasteiger partial charge >= 0.3 is 0 Å². The van der Waals surface area contributed by atoms with Crippen LogP contribution in [0.2, 0.25) is 0 Å². The van der Waals surface area contributed by atoms with Crippen LogP contribution in [0, 0.1) is 0 Å². The van der Waals surface area contributed by atoms with Gasteiger partial charge in [0.05, 0.1) is 13.7 Å². The Morgan fingerprint density at radius 3 is 2.81 bits per heavy atom. The minimum atomic E-state index is 0.00870. The Hall–Kier alpha value is -2.53. The number of rotatable bonds is 6. The number of carbonyl (C=O) groups is 1. The first-order chi connectivity index (χ1) is 13.0. The van der Waals surface area contributed by atoms with E-state index in [0.29, 0.717) is 26.2 Å². The molecule has 0 fully saturated rings. The summed E-state index contributed by atoms with van der Waals surface area (Å²) in [6, 6.07) is 16.1. The van der Waals surface area contributed by atoms with Crippen LogP contribution >= 0.6 is 0 Å². The van der Waals surface area contributed by atoms with Crippen LogP contribution in [0.3, 0.4) is 0 Å². The van der Waals surface area contributed by atoms with Crippen molar-refractivity contribution in [3.63, 3.8) is 0 Å². The molecule has 0 radical (unpaired) electrons. The van der Waals surface area contributed by atoms with Crippen LogP contribution in [0.5, 0.6) is 11.5 Å². The van der Waals surface area contributed by atoms with Crippen LogP contribution < -0.4 is 14.8 Å². The summed E-state index contributed by atoms with van der Waals surface area (Å²) in [6.07, 6.45) is 0.00870. The van der Waals surface area contributed by atoms with Gasteiger partial charge in [0.1, 0.15) is 17.6 Å². The fraction of sp³-hybridized carbons (Fsp3) is 0.409. The Morgan fingerprint density at radius 1 is 1.30 bits per heavy atom. The lowest BCUT2D eigenvalue weighted by Crippen LogP contribution is -2.40. The summed E-state index contributed by atoms with van der Waals surface area (Å²) in [5, 5.41) is 3.06. The van der Waals surface area contributed by atoms with Crippen LogP contribution in [-0.2, 0) is 11.3 Å². The highest BCUT2D eigenvalue weighted by molar-refractivity contribution is 5.78. The number of hydrogen-bond donors (Lipinski definition) is 1. The highest BCUT2D eigenvalue weighted by Crippen LogP contribution is 2.29. The molecule has 0 saturated carbocycles. The molecule has 2 aromatic rings. The number of nitrogens with zero attached hydrogens (tertiary/aromatic N) is 1. The van der Waals surface area contributed by atoms with E-state index in [1.165, 1.54) is 5.56 Å². The smallest absolute Gasteiger partial charge is 0.234 e. The zero-order chi connectivity index (χ0) is 19.2. The zero-order valence-corrected chi connectivity index (χ0v) is 16.3. The predicted octanol–water partition coefficient (Wildman–Crippen LogP) is 3.20. The first kappa shape index (κ1) is 19.2. The molecule has 0 aromatic heterocycles. The van der Waals surface area contributed by atoms with Gasteiger partial charge in [0.15, 0.2) is 0 Å². The summed E-state index contributed by atoms with van der Waals surface area (Å²) in [6.45, 7) is 6.54. The Morgan fingerprint density at radius 2 is 2.07 bits per heavy atom. The van der Waals surface area contributed by atoms with Gasteiger partial charge in [-0.1, -0.05) is 43.3 Å². The van der Waals surface area contributed by atoms with Crippen molar-refractivity contribution in [3.05, 3.63) is 59.7 Å². The molecule has 2 aromatic carbocycles. The van der Waals surface area contributed by atoms with Crippen LogP contribution in [0.25, 0.3) is 0 Å². The van der Waals surface area contributed by atoms with Crippen LogP contribution in [0.1, 0.15) is 30.9 Å². The third-order valence-electron chi connectivity index (χ3n) is 4.85. The number of nitrogens with one attached hydrogen (secondary N) is 1. The highest BCUT2D eigenvalue weighted by atomic mass is 16.5. The topological polar surface area (TPSA) is 50.8 Å². The summed E-state index contributed by atoms with van der Waals surface area (Å²) in [5.74, 6) is 1.95. The molecule has 0 spiro atoms. The van der Waals surface area contributed by atoms with E-state index in [2.05, 4.69) is 29.3 Å². The summed E-state index contributed by atoms with van der Waals surface area (Å²) >= 11 is 0. The van der Waals surface area contributed by atoms with Crippen molar-refractivity contribution in [2.75, 3.05) is 26.7 Å². The molecule has 5 nitrogen and oxygen atoms in total. The maximum Gasteiger partial charge on any atom is 0.234 e. The van der Waals surface area contributed by atoms with E-state index in [1.54, 1.807) is 7.11 Å². The normalized spacial score (nSPS) is 18.0. The van der Waals surface area contributed by atoms with E-state index < -0.39 is 0 Å². The first-order valence-corrected chi connectivity index (χ1v) is 9.42. The maximum atomic E-state index is 12.5. The molecular weight excluding hydrogens is 340 g/mol. The number of carbonyl (C=O) groups excluding carboxylic acids is 1. The molecule has 0 bridgehead atoms. The molecule has 2 atom stereocenters. The second-order valence-corrected chi connectivity index (χ2v) is 7.19. The highest BCUT2D eigenvalue weighted by Gasteiger charge is 2.22. The van der Waals surface area contributed by atoms with Gasteiger partial charge in [-0.3, -0.25) is 9.69 Å². The number of fused-ring (bicyclic) bond motifs is 1. The minimum Gasteiger partial charge on any atom is -0.497 e. The number of amides is 1. The molecule has 0 saturated heterocycles. The third kappa shape index (κ3) is 5.23. The molecule has 1 heterocycles. The van der Waals surface area contributed by atoms with Gasteiger partial charge in [-0.25, -0.2) is 0 Å². The predicted molar refractivity (Wildman–Crippen MR) is 106 cm³/mol. The monoisotopic (exact) mass is 368 g/mol. The molecule has 144 valence electrons. The van der Waals surface area contributed by atoms with Gasteiger partial charge in [-0.2, -0.15) is 0 Å². The second kappa shape index (κ2) is 8.91. The van der Waals surface area contributed by atoms with Crippen molar-refractivity contribution in [3.8, 4) is 11.5 Å². The molecule has 3 rings (SSSR count). The minimum absolute atomic E-state index is 0.00870. The summed E-state index contributed by atoms with van der Waals surface area (Å²) in [4.78, 5) is 14.6. The van der Waals surface area contributed by atoms with Crippen LogP contribution in [0.4, 0.5) is 0 Å². The van der Waals surface area contributed by atoms with Crippen molar-refractivity contribution in [1.29, 1.82) is 0 Å². The number of benzene rings is 2. The van der Waals surface area contributed by atoms with Gasteiger partial charge in [0, 0.05) is 31.3 Å². The Labute approximate surface area is 161 Å². The fourth-order valence-electron chi connectivity index (χ4n) is 3.37. The molecular formula is C22H28N2O3. The van der Waals surface area contributed by atoms with E-state index in [1.807, 2.05) is 43.3 Å². The molecule has 1 N–H and O–H groups in total. The molecule has 5 heteroatoms. The average Bonchev–Trinajstić information content (AvgIpc) is 2.83. The molecule has 0 aliphatic carbocycles. The van der Waals surface area contributed by atoms with E-state index >= 15 is 0 Å². The van der Waals surface area contributed by atoms with Gasteiger partial charge in [0.2, 0.25) is 5.91 Å². The second-order valence-electron chi connectivity index (χ2n) is 7.19. The fourth-order valence-corrected chi connectivity index (χ4v) is 3.37. The lowest BCUT2D eigenvalue weighted by atomic mass is 10.0. The quantitative estimate of drug-likeness (QED) is 0.851. The Kier molecular flexibility index (Phi) is 6.35. The van der Waals surface area contributed by atoms with E-state index in [0.717, 1.165) is 17.1 Å². The molecule has 2 unspecified atom stereocenters. The number of hydrogen-bond acceptors (Lipinski definition) is 4. The van der Waals surface area contributed by atoms with E-state index in [9.17, 15) is 4.79 Å². The summed E-state index contributed by atoms with van der Waals surface area (Å²) < 4.78 is 11.3. The first-order valence-electron chi connectivity index (χ1n) is 9.42. The number of ether oxygens (including phenoxy) is 2. The lowest BCUT2D eigenvalue weighted by molar-refractivity contribution is -0.122. The summed E-state index contributed by atoms with van der Waals surface area (Å²) in [5.41, 5.74) is 2.31. The lowest BCUT2D eigenvalue weighted by Gasteiger charge is -2.22. The molecule has 27 heavy (non-hydrogen) atoms. The SMILES string of the molecule is COc1ccc2c(c1)OC(C)CN(CC(=O)NCC(C)c1ccccc1)C2. The standard InChI is InChI=1S/C22H28N2O3/c1-16(18-7-5-4-6-8-18)12-23-22(25)15-24-13-17(2)27-21-11-20(26-3)10-9-19(21)14-24/h4-11,16-17H,12-15H2,1-3H3,(H,23,25). The van der Waals surface area contributed by atoms with Crippen molar-refractivity contribution >= 4 is 5.91 Å². The van der Waals surface area contributed by atoms with Crippen molar-refractivity contribution < 1.29 is 14.3 Å². The van der Waals surface area contributed by atoms with Crippen molar-refractivity contribution in [2.24, 2.45) is 0 Å². The Balaban J connectivity index is 1.57. The van der Waals surface area contributed by atoms with Gasteiger partial charge in [-0.05, 0) is 24.5 Å². The van der Waals surface area contributed by atoms with E-state index in [4.69, 9.17) is 9.47 Å². The van der Waals surface area contributed by atoms with E-state index in [-0.39, 0.29) is 17.9 Å². The van der Waals surface area contributed by atoms with Crippen molar-refractivity contribution in [2.45, 2.75) is 32.4 Å².